The van der Waals surface area contributed by atoms with Gasteiger partial charge in [0.15, 0.2) is 6.61 Å². The summed E-state index contributed by atoms with van der Waals surface area (Å²) in [6.07, 6.45) is 3.84. The number of aryl methyl sites for hydroxylation is 1. The molecule has 1 aliphatic heterocycles. The molecule has 1 atom stereocenters. The first-order valence-corrected chi connectivity index (χ1v) is 12.2. The molecule has 4 heterocycles. The number of hydrogen-bond acceptors (Lipinski definition) is 6. The maximum Gasteiger partial charge on any atom is 0.226 e. The van der Waals surface area contributed by atoms with Crippen molar-refractivity contribution in [3.63, 3.8) is 0 Å². The van der Waals surface area contributed by atoms with E-state index >= 15 is 0 Å². The van der Waals surface area contributed by atoms with Crippen LogP contribution in [0.15, 0.2) is 42.0 Å². The smallest absolute Gasteiger partial charge is 0.226 e. The number of ether oxygens (including phenoxy) is 2. The third-order valence-corrected chi connectivity index (χ3v) is 7.25. The van der Waals surface area contributed by atoms with Gasteiger partial charge in [-0.3, -0.25) is 4.79 Å². The number of carbonyl (C=O) groups is 1. The Kier molecular flexibility index (Phi) is 6.19. The van der Waals surface area contributed by atoms with Gasteiger partial charge in [-0.05, 0) is 50.5 Å². The van der Waals surface area contributed by atoms with Gasteiger partial charge in [-0.1, -0.05) is 23.7 Å². The monoisotopic (exact) mass is 481 g/mol. The molecule has 33 heavy (non-hydrogen) atoms. The van der Waals surface area contributed by atoms with Crippen LogP contribution in [0.5, 0.6) is 5.88 Å². The van der Waals surface area contributed by atoms with Crippen LogP contribution in [-0.4, -0.2) is 39.6 Å². The summed E-state index contributed by atoms with van der Waals surface area (Å²) < 4.78 is 13.9. The normalized spacial score (nSPS) is 15.9. The summed E-state index contributed by atoms with van der Waals surface area (Å²) in [4.78, 5) is 22.6. The zero-order valence-corrected chi connectivity index (χ0v) is 20.1. The molecule has 0 amide bonds. The molecule has 170 valence electrons. The molecule has 0 N–H and O–H groups in total. The van der Waals surface area contributed by atoms with Crippen molar-refractivity contribution in [1.82, 2.24) is 14.5 Å². The van der Waals surface area contributed by atoms with Crippen molar-refractivity contribution in [3.8, 4) is 17.0 Å². The highest BCUT2D eigenvalue weighted by molar-refractivity contribution is 7.17. The summed E-state index contributed by atoms with van der Waals surface area (Å²) in [6.45, 7) is 5.51. The minimum atomic E-state index is -0.0910. The number of fused-ring (bicyclic) bond motifs is 1. The lowest BCUT2D eigenvalue weighted by Crippen LogP contribution is -2.18. The van der Waals surface area contributed by atoms with Gasteiger partial charge in [0.25, 0.3) is 0 Å². The van der Waals surface area contributed by atoms with Crippen molar-refractivity contribution in [2.45, 2.75) is 39.3 Å². The molecule has 1 saturated heterocycles. The van der Waals surface area contributed by atoms with E-state index in [4.69, 9.17) is 21.1 Å². The van der Waals surface area contributed by atoms with Crippen LogP contribution in [-0.2, 0) is 11.3 Å². The lowest BCUT2D eigenvalue weighted by Gasteiger charge is -2.14. The number of rotatable bonds is 7. The van der Waals surface area contributed by atoms with Crippen LogP contribution in [0.3, 0.4) is 0 Å². The third kappa shape index (κ3) is 4.40. The van der Waals surface area contributed by atoms with Gasteiger partial charge in [0, 0.05) is 46.1 Å². The molecule has 0 radical (unpaired) electrons. The number of benzene rings is 1. The molecule has 1 aromatic carbocycles. The molecule has 8 heteroatoms. The van der Waals surface area contributed by atoms with Gasteiger partial charge in [0.1, 0.15) is 11.2 Å². The van der Waals surface area contributed by atoms with Crippen molar-refractivity contribution in [2.24, 2.45) is 0 Å². The number of aromatic nitrogens is 3. The highest BCUT2D eigenvalue weighted by Crippen LogP contribution is 2.37. The number of Topliss-reactive ketones (excluding diaryl/α,β-unsaturated/α-hetero) is 1. The lowest BCUT2D eigenvalue weighted by atomic mass is 10.1. The molecule has 4 aromatic rings. The Morgan fingerprint density at radius 1 is 1.27 bits per heavy atom. The summed E-state index contributed by atoms with van der Waals surface area (Å²) in [5, 5.41) is 3.51. The van der Waals surface area contributed by atoms with E-state index in [1.54, 1.807) is 0 Å². The van der Waals surface area contributed by atoms with E-state index < -0.39 is 0 Å². The molecule has 0 unspecified atom stereocenters. The quantitative estimate of drug-likeness (QED) is 0.309. The number of thiophene rings is 1. The second-order valence-electron chi connectivity index (χ2n) is 8.26. The van der Waals surface area contributed by atoms with Crippen molar-refractivity contribution in [1.29, 1.82) is 0 Å². The fraction of sp³-hybridized carbons (Fsp3) is 0.320. The summed E-state index contributed by atoms with van der Waals surface area (Å²) in [5.74, 6) is 0.337. The van der Waals surface area contributed by atoms with Gasteiger partial charge in [-0.25, -0.2) is 9.97 Å². The average Bonchev–Trinajstić information content (AvgIpc) is 3.55. The Morgan fingerprint density at radius 2 is 2.09 bits per heavy atom. The van der Waals surface area contributed by atoms with E-state index in [0.29, 0.717) is 16.5 Å². The van der Waals surface area contributed by atoms with Crippen LogP contribution in [0.25, 0.3) is 21.3 Å². The fourth-order valence-corrected chi connectivity index (χ4v) is 5.40. The Labute approximate surface area is 201 Å². The van der Waals surface area contributed by atoms with Gasteiger partial charge in [0.2, 0.25) is 11.7 Å². The third-order valence-electron chi connectivity index (χ3n) is 6.11. The first kappa shape index (κ1) is 22.1. The maximum absolute atomic E-state index is 13.1. The highest BCUT2D eigenvalue weighted by Gasteiger charge is 2.22. The van der Waals surface area contributed by atoms with Crippen LogP contribution in [0, 0.1) is 13.8 Å². The average molecular weight is 482 g/mol. The van der Waals surface area contributed by atoms with Crippen LogP contribution in [0.1, 0.15) is 34.6 Å². The van der Waals surface area contributed by atoms with Gasteiger partial charge in [0.05, 0.1) is 11.5 Å². The molecule has 3 aromatic heterocycles. The minimum Gasteiger partial charge on any atom is -0.469 e. The van der Waals surface area contributed by atoms with Crippen molar-refractivity contribution in [2.75, 3.05) is 13.2 Å². The molecule has 1 fully saturated rings. The standard InChI is InChI=1S/C25H24ClN3O3S/c1-15-10-20(16(2)29(15)11-19-4-3-9-31-19)22(30)12-32-24-23-21(13-33-25(23)28-14-27-24)17-5-7-18(26)8-6-17/h5-8,10,13-14,19H,3-4,9,11-12H2,1-2H3/t19-/m1/s1. The van der Waals surface area contributed by atoms with Crippen molar-refractivity contribution in [3.05, 3.63) is 64.0 Å². The number of ketones is 1. The Morgan fingerprint density at radius 3 is 2.85 bits per heavy atom. The van der Waals surface area contributed by atoms with Gasteiger partial charge >= 0.3 is 0 Å². The molecule has 6 nitrogen and oxygen atoms in total. The van der Waals surface area contributed by atoms with E-state index in [9.17, 15) is 4.79 Å². The van der Waals surface area contributed by atoms with Crippen LogP contribution >= 0.6 is 22.9 Å². The van der Waals surface area contributed by atoms with E-state index in [-0.39, 0.29) is 18.5 Å². The Bertz CT molecular complexity index is 1310. The SMILES string of the molecule is Cc1cc(C(=O)COc2ncnc3scc(-c4ccc(Cl)cc4)c23)c(C)n1C[C@H]1CCCO1. The highest BCUT2D eigenvalue weighted by atomic mass is 35.5. The Balaban J connectivity index is 1.37. The second kappa shape index (κ2) is 9.25. The number of halogens is 1. The topological polar surface area (TPSA) is 66.2 Å². The molecule has 0 saturated carbocycles. The van der Waals surface area contributed by atoms with Crippen LogP contribution in [0.2, 0.25) is 5.02 Å². The molecule has 0 spiro atoms. The van der Waals surface area contributed by atoms with Crippen LogP contribution < -0.4 is 4.74 Å². The van der Waals surface area contributed by atoms with E-state index in [1.165, 1.54) is 17.7 Å². The first-order chi connectivity index (χ1) is 16.0. The minimum absolute atomic E-state index is 0.0725. The van der Waals surface area contributed by atoms with Gasteiger partial charge in [-0.15, -0.1) is 11.3 Å². The number of nitrogens with zero attached hydrogens (tertiary/aromatic N) is 3. The van der Waals surface area contributed by atoms with E-state index in [0.717, 1.165) is 58.7 Å². The second-order valence-corrected chi connectivity index (χ2v) is 9.55. The predicted molar refractivity (Wildman–Crippen MR) is 131 cm³/mol. The fourth-order valence-electron chi connectivity index (χ4n) is 4.37. The van der Waals surface area contributed by atoms with Crippen LogP contribution in [0.4, 0.5) is 0 Å². The van der Waals surface area contributed by atoms with Crippen molar-refractivity contribution < 1.29 is 14.3 Å². The molecule has 1 aliphatic rings. The summed E-state index contributed by atoms with van der Waals surface area (Å²) in [6, 6.07) is 9.54. The number of carbonyl (C=O) groups excluding carboxylic acids is 1. The van der Waals surface area contributed by atoms with Gasteiger partial charge in [-0.2, -0.15) is 0 Å². The molecule has 0 bridgehead atoms. The van der Waals surface area contributed by atoms with Gasteiger partial charge < -0.3 is 14.0 Å². The zero-order valence-electron chi connectivity index (χ0n) is 18.5. The van der Waals surface area contributed by atoms with E-state index in [1.807, 2.05) is 49.6 Å². The molecular formula is C25H24ClN3O3S. The maximum atomic E-state index is 13.1. The molecule has 5 rings (SSSR count). The lowest BCUT2D eigenvalue weighted by molar-refractivity contribution is 0.0912. The summed E-state index contributed by atoms with van der Waals surface area (Å²) >= 11 is 7.56. The molecular weight excluding hydrogens is 458 g/mol. The summed E-state index contributed by atoms with van der Waals surface area (Å²) in [7, 11) is 0. The molecule has 0 aliphatic carbocycles. The Hall–Kier alpha value is -2.74. The van der Waals surface area contributed by atoms with Crippen molar-refractivity contribution >= 4 is 38.9 Å². The first-order valence-electron chi connectivity index (χ1n) is 10.9. The largest absolute Gasteiger partial charge is 0.469 e. The zero-order chi connectivity index (χ0) is 22.9. The predicted octanol–water partition coefficient (Wildman–Crippen LogP) is 5.87. The van der Waals surface area contributed by atoms with E-state index in [2.05, 4.69) is 14.5 Å². The number of hydrogen-bond donors (Lipinski definition) is 0. The summed E-state index contributed by atoms with van der Waals surface area (Å²) in [5.41, 5.74) is 4.64.